The first kappa shape index (κ1) is 13.8. The fourth-order valence-electron chi connectivity index (χ4n) is 1.65. The Hall–Kier alpha value is -2.64. The lowest BCUT2D eigenvalue weighted by Gasteiger charge is -2.06. The van der Waals surface area contributed by atoms with Crippen molar-refractivity contribution >= 4 is 11.7 Å². The van der Waals surface area contributed by atoms with Gasteiger partial charge >= 0.3 is 0 Å². The van der Waals surface area contributed by atoms with Crippen molar-refractivity contribution in [3.05, 3.63) is 59.3 Å². The Bertz CT molecular complexity index is 667. The first-order chi connectivity index (χ1) is 9.70. The summed E-state index contributed by atoms with van der Waals surface area (Å²) < 4.78 is 0. The van der Waals surface area contributed by atoms with Crippen LogP contribution in [0.4, 0.5) is 5.82 Å². The number of nitrogens with zero attached hydrogens (tertiary/aromatic N) is 1. The molecule has 0 aliphatic heterocycles. The maximum absolute atomic E-state index is 12.2. The van der Waals surface area contributed by atoms with Gasteiger partial charge in [0, 0.05) is 11.8 Å². The number of pyridine rings is 1. The second-order valence-corrected chi connectivity index (χ2v) is 4.18. The predicted molar refractivity (Wildman–Crippen MR) is 77.3 cm³/mol. The van der Waals surface area contributed by atoms with Crippen LogP contribution in [0, 0.1) is 18.8 Å². The summed E-state index contributed by atoms with van der Waals surface area (Å²) in [5, 5.41) is 11.5. The zero-order valence-corrected chi connectivity index (χ0v) is 11.1. The minimum atomic E-state index is -0.274. The van der Waals surface area contributed by atoms with Gasteiger partial charge in [-0.1, -0.05) is 30.0 Å². The van der Waals surface area contributed by atoms with Gasteiger partial charge < -0.3 is 10.4 Å². The van der Waals surface area contributed by atoms with Crippen molar-refractivity contribution in [3.8, 4) is 11.8 Å². The predicted octanol–water partition coefficient (Wildman–Crippen LogP) is 1.99. The maximum atomic E-state index is 12.2. The van der Waals surface area contributed by atoms with E-state index in [1.807, 2.05) is 13.0 Å². The molecule has 1 amide bonds. The summed E-state index contributed by atoms with van der Waals surface area (Å²) in [5.74, 6) is 5.52. The lowest BCUT2D eigenvalue weighted by molar-refractivity contribution is 0.102. The quantitative estimate of drug-likeness (QED) is 0.817. The molecule has 0 fully saturated rings. The van der Waals surface area contributed by atoms with Gasteiger partial charge in [0.2, 0.25) is 0 Å². The van der Waals surface area contributed by atoms with Crippen LogP contribution in [-0.2, 0) is 0 Å². The highest BCUT2D eigenvalue weighted by Gasteiger charge is 2.10. The second-order valence-electron chi connectivity index (χ2n) is 4.18. The van der Waals surface area contributed by atoms with Gasteiger partial charge in [-0.05, 0) is 30.7 Å². The van der Waals surface area contributed by atoms with E-state index in [0.717, 1.165) is 5.56 Å². The third kappa shape index (κ3) is 3.44. The Labute approximate surface area is 117 Å². The summed E-state index contributed by atoms with van der Waals surface area (Å²) in [6, 6.07) is 10.6. The molecule has 2 aromatic rings. The topological polar surface area (TPSA) is 62.2 Å². The van der Waals surface area contributed by atoms with Crippen molar-refractivity contribution in [3.63, 3.8) is 0 Å². The molecular formula is C16H14N2O2. The number of carbonyl (C=O) groups excluding carboxylic acids is 1. The number of carbonyl (C=O) groups is 1. The molecule has 0 saturated carbocycles. The van der Waals surface area contributed by atoms with Crippen LogP contribution in [0.15, 0.2) is 42.6 Å². The number of aromatic nitrogens is 1. The SMILES string of the molecule is Cc1ccc(NC(=O)c2ccccc2C#CCO)nc1. The van der Waals surface area contributed by atoms with Gasteiger partial charge in [-0.25, -0.2) is 4.98 Å². The Balaban J connectivity index is 2.23. The average molecular weight is 266 g/mol. The number of aryl methyl sites for hydroxylation is 1. The molecule has 0 bridgehead atoms. The number of aliphatic hydroxyl groups excluding tert-OH is 1. The molecule has 100 valence electrons. The van der Waals surface area contributed by atoms with Crippen LogP contribution >= 0.6 is 0 Å². The lowest BCUT2D eigenvalue weighted by Crippen LogP contribution is -2.14. The normalized spacial score (nSPS) is 9.50. The molecule has 2 rings (SSSR count). The van der Waals surface area contributed by atoms with Crippen LogP contribution in [-0.4, -0.2) is 22.6 Å². The van der Waals surface area contributed by atoms with E-state index in [0.29, 0.717) is 16.9 Å². The molecule has 0 aliphatic carbocycles. The summed E-state index contributed by atoms with van der Waals surface area (Å²) in [4.78, 5) is 16.3. The smallest absolute Gasteiger partial charge is 0.258 e. The van der Waals surface area contributed by atoms with Crippen LogP contribution in [0.3, 0.4) is 0 Å². The summed E-state index contributed by atoms with van der Waals surface area (Å²) in [6.07, 6.45) is 1.69. The Morgan fingerprint density at radius 1 is 1.30 bits per heavy atom. The minimum absolute atomic E-state index is 0.241. The standard InChI is InChI=1S/C16H14N2O2/c1-12-8-9-15(17-11-12)18-16(20)14-7-3-2-5-13(14)6-4-10-19/h2-3,5,7-9,11,19H,10H2,1H3,(H,17,18,20). The molecule has 0 radical (unpaired) electrons. The highest BCUT2D eigenvalue weighted by Crippen LogP contribution is 2.11. The average Bonchev–Trinajstić information content (AvgIpc) is 2.47. The number of hydrogen-bond donors (Lipinski definition) is 2. The van der Waals surface area contributed by atoms with Crippen LogP contribution in [0.25, 0.3) is 0 Å². The number of aliphatic hydroxyl groups is 1. The summed E-state index contributed by atoms with van der Waals surface area (Å²) >= 11 is 0. The third-order valence-electron chi connectivity index (χ3n) is 2.63. The van der Waals surface area contributed by atoms with E-state index < -0.39 is 0 Å². The van der Waals surface area contributed by atoms with Gasteiger partial charge in [0.25, 0.3) is 5.91 Å². The molecule has 0 unspecified atom stereocenters. The fraction of sp³-hybridized carbons (Fsp3) is 0.125. The van der Waals surface area contributed by atoms with E-state index in [1.54, 1.807) is 36.5 Å². The van der Waals surface area contributed by atoms with Crippen molar-refractivity contribution in [1.29, 1.82) is 0 Å². The van der Waals surface area contributed by atoms with Gasteiger partial charge in [0.05, 0.1) is 5.56 Å². The Morgan fingerprint density at radius 2 is 2.10 bits per heavy atom. The molecule has 0 aliphatic rings. The molecule has 2 N–H and O–H groups in total. The van der Waals surface area contributed by atoms with Gasteiger partial charge in [0.1, 0.15) is 12.4 Å². The molecule has 0 spiro atoms. The van der Waals surface area contributed by atoms with Crippen molar-refractivity contribution in [2.75, 3.05) is 11.9 Å². The fourth-order valence-corrected chi connectivity index (χ4v) is 1.65. The zero-order valence-electron chi connectivity index (χ0n) is 11.1. The van der Waals surface area contributed by atoms with E-state index in [2.05, 4.69) is 22.1 Å². The lowest BCUT2D eigenvalue weighted by atomic mass is 10.1. The molecule has 0 saturated heterocycles. The van der Waals surface area contributed by atoms with E-state index in [-0.39, 0.29) is 12.5 Å². The van der Waals surface area contributed by atoms with Crippen LogP contribution in [0.2, 0.25) is 0 Å². The van der Waals surface area contributed by atoms with Gasteiger partial charge in [-0.15, -0.1) is 0 Å². The van der Waals surface area contributed by atoms with E-state index in [9.17, 15) is 4.79 Å². The van der Waals surface area contributed by atoms with E-state index in [4.69, 9.17) is 5.11 Å². The molecule has 1 aromatic carbocycles. The number of benzene rings is 1. The van der Waals surface area contributed by atoms with Crippen molar-refractivity contribution < 1.29 is 9.90 Å². The summed E-state index contributed by atoms with van der Waals surface area (Å²) in [6.45, 7) is 1.69. The maximum Gasteiger partial charge on any atom is 0.258 e. The largest absolute Gasteiger partial charge is 0.384 e. The van der Waals surface area contributed by atoms with Gasteiger partial charge in [-0.2, -0.15) is 0 Å². The Kier molecular flexibility index (Phi) is 4.48. The van der Waals surface area contributed by atoms with E-state index >= 15 is 0 Å². The number of rotatable bonds is 2. The van der Waals surface area contributed by atoms with Gasteiger partial charge in [0.15, 0.2) is 0 Å². The minimum Gasteiger partial charge on any atom is -0.384 e. The van der Waals surface area contributed by atoms with Gasteiger partial charge in [-0.3, -0.25) is 4.79 Å². The summed E-state index contributed by atoms with van der Waals surface area (Å²) in [5.41, 5.74) is 2.05. The first-order valence-electron chi connectivity index (χ1n) is 6.13. The van der Waals surface area contributed by atoms with Crippen molar-refractivity contribution in [2.24, 2.45) is 0 Å². The first-order valence-corrected chi connectivity index (χ1v) is 6.13. The Morgan fingerprint density at radius 3 is 2.80 bits per heavy atom. The van der Waals surface area contributed by atoms with Crippen molar-refractivity contribution in [1.82, 2.24) is 4.98 Å². The van der Waals surface area contributed by atoms with E-state index in [1.165, 1.54) is 0 Å². The zero-order chi connectivity index (χ0) is 14.4. The molecule has 20 heavy (non-hydrogen) atoms. The third-order valence-corrected chi connectivity index (χ3v) is 2.63. The molecule has 0 atom stereocenters. The number of hydrogen-bond acceptors (Lipinski definition) is 3. The molecular weight excluding hydrogens is 252 g/mol. The number of amides is 1. The monoisotopic (exact) mass is 266 g/mol. The van der Waals surface area contributed by atoms with Crippen LogP contribution < -0.4 is 5.32 Å². The molecule has 1 aromatic heterocycles. The molecule has 4 heteroatoms. The number of anilines is 1. The van der Waals surface area contributed by atoms with Crippen molar-refractivity contribution in [2.45, 2.75) is 6.92 Å². The van der Waals surface area contributed by atoms with Crippen LogP contribution in [0.5, 0.6) is 0 Å². The van der Waals surface area contributed by atoms with Crippen LogP contribution in [0.1, 0.15) is 21.5 Å². The molecule has 4 nitrogen and oxygen atoms in total. The second kappa shape index (κ2) is 6.50. The summed E-state index contributed by atoms with van der Waals surface area (Å²) in [7, 11) is 0. The highest BCUT2D eigenvalue weighted by atomic mass is 16.2. The highest BCUT2D eigenvalue weighted by molar-refractivity contribution is 6.05. The number of nitrogens with one attached hydrogen (secondary N) is 1. The molecule has 1 heterocycles.